The van der Waals surface area contributed by atoms with E-state index in [1.54, 1.807) is 0 Å². The Bertz CT molecular complexity index is 429. The van der Waals surface area contributed by atoms with E-state index in [2.05, 4.69) is 21.5 Å². The zero-order valence-corrected chi connectivity index (χ0v) is 11.9. The molecule has 1 aromatic heterocycles. The van der Waals surface area contributed by atoms with Crippen molar-refractivity contribution in [2.75, 3.05) is 20.2 Å². The predicted molar refractivity (Wildman–Crippen MR) is 75.3 cm³/mol. The molecule has 106 valence electrons. The van der Waals surface area contributed by atoms with Crippen LogP contribution in [0.1, 0.15) is 49.7 Å². The highest BCUT2D eigenvalue weighted by molar-refractivity contribution is 5.11. The molecular weight excluding hydrogens is 238 g/mol. The molecule has 0 aromatic carbocycles. The van der Waals surface area contributed by atoms with Gasteiger partial charge in [-0.15, -0.1) is 0 Å². The van der Waals surface area contributed by atoms with Crippen LogP contribution in [0, 0.1) is 0 Å². The van der Waals surface area contributed by atoms with E-state index in [1.165, 1.54) is 43.7 Å². The molecule has 2 unspecified atom stereocenters. The Morgan fingerprint density at radius 2 is 2.11 bits per heavy atom. The molecule has 0 amide bonds. The maximum atomic E-state index is 9.58. The first-order valence-corrected chi connectivity index (χ1v) is 7.65. The molecule has 1 aromatic rings. The van der Waals surface area contributed by atoms with Crippen LogP contribution >= 0.6 is 0 Å². The highest BCUT2D eigenvalue weighted by atomic mass is 16.3. The molecule has 1 fully saturated rings. The van der Waals surface area contributed by atoms with E-state index in [4.69, 9.17) is 0 Å². The fourth-order valence-corrected chi connectivity index (χ4v) is 3.65. The van der Waals surface area contributed by atoms with Crippen LogP contribution in [0.25, 0.3) is 0 Å². The fourth-order valence-electron chi connectivity index (χ4n) is 3.65. The Balaban J connectivity index is 1.79. The lowest BCUT2D eigenvalue weighted by molar-refractivity contribution is 0.174. The number of imidazole rings is 1. The second kappa shape index (κ2) is 5.63. The van der Waals surface area contributed by atoms with Gasteiger partial charge in [0.1, 0.15) is 5.82 Å². The van der Waals surface area contributed by atoms with E-state index in [0.717, 1.165) is 19.3 Å². The van der Waals surface area contributed by atoms with Gasteiger partial charge in [0, 0.05) is 24.4 Å². The number of hydrogen-bond acceptors (Lipinski definition) is 3. The van der Waals surface area contributed by atoms with Crippen LogP contribution in [-0.4, -0.2) is 45.8 Å². The summed E-state index contributed by atoms with van der Waals surface area (Å²) in [6.07, 6.45) is 10.4. The molecule has 2 atom stereocenters. The molecule has 0 aliphatic carbocycles. The molecule has 0 spiro atoms. The number of nitrogens with zero attached hydrogens (tertiary/aromatic N) is 3. The standard InChI is InChI=1S/C15H25N3O/c1-17-8-3-2-5-12(17)9-15-16-10-13-6-4-7-14(11-19)18(13)15/h10,12,14,19H,2-9,11H2,1H3. The number of hydrogen-bond donors (Lipinski definition) is 1. The zero-order chi connectivity index (χ0) is 13.2. The third-order valence-electron chi connectivity index (χ3n) is 4.84. The van der Waals surface area contributed by atoms with Crippen LogP contribution in [-0.2, 0) is 12.8 Å². The molecule has 1 N–H and O–H groups in total. The summed E-state index contributed by atoms with van der Waals surface area (Å²) in [5, 5.41) is 9.58. The quantitative estimate of drug-likeness (QED) is 0.904. The lowest BCUT2D eigenvalue weighted by atomic mass is 9.98. The third kappa shape index (κ3) is 2.56. The van der Waals surface area contributed by atoms with Gasteiger partial charge in [-0.1, -0.05) is 6.42 Å². The van der Waals surface area contributed by atoms with Crippen LogP contribution in [0.3, 0.4) is 0 Å². The Morgan fingerprint density at radius 1 is 1.26 bits per heavy atom. The van der Waals surface area contributed by atoms with Crippen molar-refractivity contribution in [3.05, 3.63) is 17.7 Å². The maximum Gasteiger partial charge on any atom is 0.110 e. The summed E-state index contributed by atoms with van der Waals surface area (Å²) in [5.74, 6) is 1.19. The van der Waals surface area contributed by atoms with Crippen molar-refractivity contribution >= 4 is 0 Å². The number of piperidine rings is 1. The smallest absolute Gasteiger partial charge is 0.110 e. The topological polar surface area (TPSA) is 41.3 Å². The van der Waals surface area contributed by atoms with E-state index < -0.39 is 0 Å². The fraction of sp³-hybridized carbons (Fsp3) is 0.800. The summed E-state index contributed by atoms with van der Waals surface area (Å²) in [6.45, 7) is 1.46. The first-order chi connectivity index (χ1) is 9.29. The summed E-state index contributed by atoms with van der Waals surface area (Å²) in [4.78, 5) is 7.12. The molecule has 1 saturated heterocycles. The van der Waals surface area contributed by atoms with Crippen LogP contribution in [0.5, 0.6) is 0 Å². The minimum Gasteiger partial charge on any atom is -0.394 e. The van der Waals surface area contributed by atoms with Gasteiger partial charge in [0.15, 0.2) is 0 Å². The van der Waals surface area contributed by atoms with E-state index in [1.807, 2.05) is 6.20 Å². The van der Waals surface area contributed by atoms with Gasteiger partial charge in [-0.2, -0.15) is 0 Å². The third-order valence-corrected chi connectivity index (χ3v) is 4.84. The van der Waals surface area contributed by atoms with Gasteiger partial charge in [-0.05, 0) is 45.7 Å². The highest BCUT2D eigenvalue weighted by Gasteiger charge is 2.26. The van der Waals surface area contributed by atoms with Crippen LogP contribution in [0.4, 0.5) is 0 Å². The molecule has 19 heavy (non-hydrogen) atoms. The molecule has 4 heteroatoms. The van der Waals surface area contributed by atoms with Crippen LogP contribution in [0.2, 0.25) is 0 Å². The number of likely N-dealkylation sites (N-methyl/N-ethyl adjacent to an activating group) is 1. The Hall–Kier alpha value is -0.870. The van der Waals surface area contributed by atoms with Crippen molar-refractivity contribution < 1.29 is 5.11 Å². The summed E-state index contributed by atoms with van der Waals surface area (Å²) < 4.78 is 2.33. The minimum atomic E-state index is 0.247. The monoisotopic (exact) mass is 263 g/mol. The Labute approximate surface area is 115 Å². The largest absolute Gasteiger partial charge is 0.394 e. The first kappa shape index (κ1) is 13.1. The van der Waals surface area contributed by atoms with E-state index in [9.17, 15) is 5.11 Å². The van der Waals surface area contributed by atoms with Gasteiger partial charge in [0.25, 0.3) is 0 Å². The van der Waals surface area contributed by atoms with Gasteiger partial charge < -0.3 is 14.6 Å². The zero-order valence-electron chi connectivity index (χ0n) is 11.9. The number of likely N-dealkylation sites (tertiary alicyclic amines) is 1. The van der Waals surface area contributed by atoms with Crippen LogP contribution in [0.15, 0.2) is 6.20 Å². The highest BCUT2D eigenvalue weighted by Crippen LogP contribution is 2.28. The molecule has 2 aliphatic heterocycles. The van der Waals surface area contributed by atoms with Gasteiger partial charge in [0.05, 0.1) is 12.6 Å². The maximum absolute atomic E-state index is 9.58. The lowest BCUT2D eigenvalue weighted by Crippen LogP contribution is -2.38. The van der Waals surface area contributed by atoms with Crippen molar-refractivity contribution in [1.29, 1.82) is 0 Å². The van der Waals surface area contributed by atoms with Gasteiger partial charge in [-0.25, -0.2) is 4.98 Å². The molecular formula is C15H25N3O. The van der Waals surface area contributed by atoms with Gasteiger partial charge in [-0.3, -0.25) is 0 Å². The molecule has 2 aliphatic rings. The number of aryl methyl sites for hydroxylation is 1. The van der Waals surface area contributed by atoms with Crippen LogP contribution < -0.4 is 0 Å². The average molecular weight is 263 g/mol. The average Bonchev–Trinajstić information content (AvgIpc) is 2.85. The Morgan fingerprint density at radius 3 is 2.89 bits per heavy atom. The molecule has 3 heterocycles. The van der Waals surface area contributed by atoms with E-state index >= 15 is 0 Å². The molecule has 3 rings (SSSR count). The number of rotatable bonds is 3. The van der Waals surface area contributed by atoms with E-state index in [-0.39, 0.29) is 12.6 Å². The Kier molecular flexibility index (Phi) is 3.89. The number of fused-ring (bicyclic) bond motifs is 1. The van der Waals surface area contributed by atoms with Gasteiger partial charge >= 0.3 is 0 Å². The number of aromatic nitrogens is 2. The summed E-state index contributed by atoms with van der Waals surface area (Å²) in [6, 6.07) is 0.886. The van der Waals surface area contributed by atoms with Gasteiger partial charge in [0.2, 0.25) is 0 Å². The summed E-state index contributed by atoms with van der Waals surface area (Å²) in [7, 11) is 2.23. The molecule has 4 nitrogen and oxygen atoms in total. The molecule has 0 saturated carbocycles. The lowest BCUT2D eigenvalue weighted by Gasteiger charge is -2.33. The number of aliphatic hydroxyl groups is 1. The SMILES string of the molecule is CN1CCCCC1Cc1ncc2n1C(CO)CCC2. The van der Waals surface area contributed by atoms with Crippen molar-refractivity contribution in [1.82, 2.24) is 14.5 Å². The second-order valence-electron chi connectivity index (χ2n) is 6.10. The molecule has 0 radical (unpaired) electrons. The predicted octanol–water partition coefficient (Wildman–Crippen LogP) is 1.78. The first-order valence-electron chi connectivity index (χ1n) is 7.65. The second-order valence-corrected chi connectivity index (χ2v) is 6.10. The van der Waals surface area contributed by atoms with Crippen molar-refractivity contribution in [2.24, 2.45) is 0 Å². The molecule has 0 bridgehead atoms. The van der Waals surface area contributed by atoms with Crippen molar-refractivity contribution in [2.45, 2.75) is 57.0 Å². The van der Waals surface area contributed by atoms with Crippen molar-refractivity contribution in [3.63, 3.8) is 0 Å². The normalized spacial score (nSPS) is 28.3. The van der Waals surface area contributed by atoms with Crippen molar-refractivity contribution in [3.8, 4) is 0 Å². The summed E-state index contributed by atoms with van der Waals surface area (Å²) in [5.41, 5.74) is 1.32. The van der Waals surface area contributed by atoms with E-state index in [0.29, 0.717) is 6.04 Å². The number of aliphatic hydroxyl groups excluding tert-OH is 1. The minimum absolute atomic E-state index is 0.247. The summed E-state index contributed by atoms with van der Waals surface area (Å²) >= 11 is 0.